The first-order valence-corrected chi connectivity index (χ1v) is 6.33. The fraction of sp³-hybridized carbons (Fsp3) is 0.0625. The molecule has 5 nitrogen and oxygen atoms in total. The molecule has 0 radical (unpaired) electrons. The number of Topliss-reactive ketones (excluding diaryl/α,β-unsaturated/α-hetero) is 1. The van der Waals surface area contributed by atoms with E-state index in [1.54, 1.807) is 18.2 Å². The maximum absolute atomic E-state index is 12.4. The van der Waals surface area contributed by atoms with Gasteiger partial charge in [0.1, 0.15) is 5.75 Å². The minimum Gasteiger partial charge on any atom is -0.507 e. The molecule has 21 heavy (non-hydrogen) atoms. The molecule has 0 atom stereocenters. The van der Waals surface area contributed by atoms with Crippen LogP contribution in [-0.2, 0) is 0 Å². The molecule has 2 aromatic rings. The minimum atomic E-state index is -0.623. The van der Waals surface area contributed by atoms with E-state index >= 15 is 0 Å². The highest BCUT2D eigenvalue weighted by molar-refractivity contribution is 6.36. The second kappa shape index (κ2) is 4.56. The number of nitrogens with zero attached hydrogens (tertiary/aromatic N) is 1. The highest BCUT2D eigenvalue weighted by Gasteiger charge is 2.39. The van der Waals surface area contributed by atoms with Gasteiger partial charge in [0.2, 0.25) is 0 Å². The van der Waals surface area contributed by atoms with Crippen molar-refractivity contribution in [1.29, 1.82) is 0 Å². The van der Waals surface area contributed by atoms with Crippen molar-refractivity contribution >= 4 is 23.3 Å². The van der Waals surface area contributed by atoms with Crippen LogP contribution >= 0.6 is 0 Å². The van der Waals surface area contributed by atoms with Gasteiger partial charge in [-0.25, -0.2) is 4.90 Å². The lowest BCUT2D eigenvalue weighted by atomic mass is 10.1. The van der Waals surface area contributed by atoms with E-state index in [9.17, 15) is 19.5 Å². The van der Waals surface area contributed by atoms with Crippen molar-refractivity contribution in [3.8, 4) is 5.75 Å². The lowest BCUT2D eigenvalue weighted by molar-refractivity contribution is 0.0925. The molecule has 0 aliphatic carbocycles. The van der Waals surface area contributed by atoms with Crippen molar-refractivity contribution in [1.82, 2.24) is 0 Å². The first kappa shape index (κ1) is 13.1. The second-order valence-corrected chi connectivity index (χ2v) is 4.72. The molecule has 0 fully saturated rings. The van der Waals surface area contributed by atoms with Crippen LogP contribution < -0.4 is 4.90 Å². The van der Waals surface area contributed by atoms with Gasteiger partial charge in [-0.15, -0.1) is 0 Å². The summed E-state index contributed by atoms with van der Waals surface area (Å²) in [5.41, 5.74) is 0.626. The van der Waals surface area contributed by atoms with Gasteiger partial charge < -0.3 is 5.11 Å². The quantitative estimate of drug-likeness (QED) is 0.677. The van der Waals surface area contributed by atoms with Crippen LogP contribution in [0.1, 0.15) is 38.0 Å². The number of fused-ring (bicyclic) bond motifs is 1. The van der Waals surface area contributed by atoms with Crippen LogP contribution in [0.4, 0.5) is 5.69 Å². The molecular weight excluding hydrogens is 270 g/mol. The van der Waals surface area contributed by atoms with Crippen LogP contribution in [-0.4, -0.2) is 22.7 Å². The van der Waals surface area contributed by atoms with Crippen LogP contribution in [0.3, 0.4) is 0 Å². The lowest BCUT2D eigenvalue weighted by Gasteiger charge is -2.16. The number of hydrogen-bond acceptors (Lipinski definition) is 4. The minimum absolute atomic E-state index is 0.0270. The van der Waals surface area contributed by atoms with E-state index in [-0.39, 0.29) is 33.9 Å². The number of carbonyl (C=O) groups excluding carboxylic acids is 3. The Kier molecular flexibility index (Phi) is 2.83. The average molecular weight is 281 g/mol. The van der Waals surface area contributed by atoms with Gasteiger partial charge in [0.05, 0.1) is 16.8 Å². The molecule has 1 heterocycles. The largest absolute Gasteiger partial charge is 0.507 e. The molecule has 2 aromatic carbocycles. The van der Waals surface area contributed by atoms with Gasteiger partial charge in [-0.1, -0.05) is 18.2 Å². The van der Waals surface area contributed by atoms with Gasteiger partial charge >= 0.3 is 0 Å². The number of rotatable bonds is 2. The Balaban J connectivity index is 2.20. The Bertz CT molecular complexity index is 795. The summed E-state index contributed by atoms with van der Waals surface area (Å²) in [6.07, 6.45) is 0. The van der Waals surface area contributed by atoms with Crippen molar-refractivity contribution < 1.29 is 19.5 Å². The summed E-state index contributed by atoms with van der Waals surface area (Å²) in [5, 5.41) is 9.80. The van der Waals surface area contributed by atoms with Crippen molar-refractivity contribution in [2.24, 2.45) is 0 Å². The van der Waals surface area contributed by atoms with Gasteiger partial charge in [-0.2, -0.15) is 0 Å². The van der Waals surface area contributed by atoms with Crippen LogP contribution in [0.2, 0.25) is 0 Å². The Hall–Kier alpha value is -2.95. The number of phenols is 1. The number of ketones is 1. The molecule has 104 valence electrons. The number of para-hydroxylation sites is 1. The lowest BCUT2D eigenvalue weighted by Crippen LogP contribution is -2.30. The summed E-state index contributed by atoms with van der Waals surface area (Å²) in [6.45, 7) is 1.37. The van der Waals surface area contributed by atoms with E-state index in [0.29, 0.717) is 0 Å². The molecule has 5 heteroatoms. The molecule has 1 N–H and O–H groups in total. The molecule has 0 saturated carbocycles. The third kappa shape index (κ3) is 1.82. The van der Waals surface area contributed by atoms with Crippen LogP contribution in [0.15, 0.2) is 42.5 Å². The average Bonchev–Trinajstić information content (AvgIpc) is 2.72. The van der Waals surface area contributed by atoms with Crippen LogP contribution in [0, 0.1) is 0 Å². The zero-order chi connectivity index (χ0) is 15.1. The zero-order valence-electron chi connectivity index (χ0n) is 11.2. The predicted molar refractivity (Wildman–Crippen MR) is 75.7 cm³/mol. The number of phenolic OH excluding ortho intramolecular Hbond substituents is 1. The Morgan fingerprint density at radius 3 is 2.38 bits per heavy atom. The maximum Gasteiger partial charge on any atom is 0.269 e. The molecule has 0 bridgehead atoms. The Morgan fingerprint density at radius 2 is 1.71 bits per heavy atom. The summed E-state index contributed by atoms with van der Waals surface area (Å²) in [5.74, 6) is -1.65. The fourth-order valence-electron chi connectivity index (χ4n) is 2.45. The van der Waals surface area contributed by atoms with Crippen molar-refractivity contribution in [3.63, 3.8) is 0 Å². The number of amides is 2. The summed E-state index contributed by atoms with van der Waals surface area (Å²) in [6, 6.07) is 10.7. The molecule has 0 aromatic heterocycles. The molecule has 0 spiro atoms. The van der Waals surface area contributed by atoms with Gasteiger partial charge in [0.25, 0.3) is 11.8 Å². The summed E-state index contributed by atoms with van der Waals surface area (Å²) in [7, 11) is 0. The van der Waals surface area contributed by atoms with E-state index < -0.39 is 11.8 Å². The highest BCUT2D eigenvalue weighted by Crippen LogP contribution is 2.34. The topological polar surface area (TPSA) is 74.7 Å². The molecule has 0 saturated heterocycles. The zero-order valence-corrected chi connectivity index (χ0v) is 11.2. The predicted octanol–water partition coefficient (Wildman–Crippen LogP) is 2.40. The van der Waals surface area contributed by atoms with Crippen LogP contribution in [0.25, 0.3) is 0 Å². The smallest absolute Gasteiger partial charge is 0.269 e. The summed E-state index contributed by atoms with van der Waals surface area (Å²) >= 11 is 0. The van der Waals surface area contributed by atoms with Gasteiger partial charge in [0.15, 0.2) is 5.78 Å². The normalized spacial score (nSPS) is 13.5. The first-order valence-electron chi connectivity index (χ1n) is 6.33. The Labute approximate surface area is 120 Å². The first-order chi connectivity index (χ1) is 10.0. The number of aromatic hydroxyl groups is 1. The third-order valence-corrected chi connectivity index (χ3v) is 3.42. The standard InChI is InChI=1S/C16H11NO4/c1-9(18)10-5-2-3-7-12(10)17-15(20)11-6-4-8-13(19)14(11)16(17)21/h2-8,19H,1H3. The van der Waals surface area contributed by atoms with E-state index in [2.05, 4.69) is 0 Å². The van der Waals surface area contributed by atoms with Crippen molar-refractivity contribution in [2.75, 3.05) is 4.90 Å². The molecule has 2 amide bonds. The number of hydrogen-bond donors (Lipinski definition) is 1. The second-order valence-electron chi connectivity index (χ2n) is 4.72. The van der Waals surface area contributed by atoms with E-state index in [0.717, 1.165) is 4.90 Å². The van der Waals surface area contributed by atoms with Crippen LogP contribution in [0.5, 0.6) is 5.75 Å². The molecule has 1 aliphatic rings. The summed E-state index contributed by atoms with van der Waals surface area (Å²) in [4.78, 5) is 37.5. The monoisotopic (exact) mass is 281 g/mol. The number of benzene rings is 2. The number of carbonyl (C=O) groups is 3. The molecule has 0 unspecified atom stereocenters. The van der Waals surface area contributed by atoms with E-state index in [1.807, 2.05) is 0 Å². The van der Waals surface area contributed by atoms with Gasteiger partial charge in [-0.3, -0.25) is 14.4 Å². The van der Waals surface area contributed by atoms with E-state index in [1.165, 1.54) is 31.2 Å². The SMILES string of the molecule is CC(=O)c1ccccc1N1C(=O)c2cccc(O)c2C1=O. The number of anilines is 1. The van der Waals surface area contributed by atoms with Gasteiger partial charge in [-0.05, 0) is 31.2 Å². The summed E-state index contributed by atoms with van der Waals surface area (Å²) < 4.78 is 0. The molecule has 1 aliphatic heterocycles. The third-order valence-electron chi connectivity index (χ3n) is 3.42. The van der Waals surface area contributed by atoms with Crippen molar-refractivity contribution in [3.05, 3.63) is 59.2 Å². The highest BCUT2D eigenvalue weighted by atomic mass is 16.3. The molecule has 3 rings (SSSR count). The maximum atomic E-state index is 12.4. The Morgan fingerprint density at radius 1 is 1.00 bits per heavy atom. The van der Waals surface area contributed by atoms with Gasteiger partial charge in [0, 0.05) is 5.56 Å². The van der Waals surface area contributed by atoms with Crippen molar-refractivity contribution in [2.45, 2.75) is 6.92 Å². The number of imide groups is 1. The fourth-order valence-corrected chi connectivity index (χ4v) is 2.45. The molecular formula is C16H11NO4. The van der Waals surface area contributed by atoms with E-state index in [4.69, 9.17) is 0 Å².